The summed E-state index contributed by atoms with van der Waals surface area (Å²) < 4.78 is 10.4. The summed E-state index contributed by atoms with van der Waals surface area (Å²) in [5.74, 6) is -0.226. The number of methoxy groups -OCH3 is 2. The molecule has 1 aromatic rings. The Morgan fingerprint density at radius 1 is 1.29 bits per heavy atom. The zero-order chi connectivity index (χ0) is 15.8. The Morgan fingerprint density at radius 3 is 2.57 bits per heavy atom. The Bertz CT molecular complexity index is 501. The first kappa shape index (κ1) is 16.8. The molecule has 0 bridgehead atoms. The number of hydrogen-bond acceptors (Lipinski definition) is 4. The van der Waals surface area contributed by atoms with E-state index in [2.05, 4.69) is 5.32 Å². The summed E-state index contributed by atoms with van der Waals surface area (Å²) in [6, 6.07) is 4.96. The molecule has 6 nitrogen and oxygen atoms in total. The van der Waals surface area contributed by atoms with E-state index < -0.39 is 5.97 Å². The summed E-state index contributed by atoms with van der Waals surface area (Å²) in [7, 11) is 2.99. The Hall–Kier alpha value is -2.24. The normalized spacial score (nSPS) is 11.6. The minimum atomic E-state index is -0.831. The number of carboxylic acid groups (broad SMARTS) is 1. The molecule has 1 amide bonds. The molecule has 0 heterocycles. The van der Waals surface area contributed by atoms with Gasteiger partial charge in [0.05, 0.1) is 19.8 Å². The molecule has 1 aromatic carbocycles. The topological polar surface area (TPSA) is 84.9 Å². The number of rotatable bonds is 8. The van der Waals surface area contributed by atoms with Crippen molar-refractivity contribution in [1.82, 2.24) is 5.32 Å². The van der Waals surface area contributed by atoms with Crippen LogP contribution < -0.4 is 14.8 Å². The van der Waals surface area contributed by atoms with Gasteiger partial charge in [-0.05, 0) is 31.9 Å². The average molecular weight is 295 g/mol. The van der Waals surface area contributed by atoms with Crippen LogP contribution in [-0.2, 0) is 4.79 Å². The van der Waals surface area contributed by atoms with E-state index in [1.807, 2.05) is 6.92 Å². The molecule has 1 rings (SSSR count). The molecular weight excluding hydrogens is 274 g/mol. The Morgan fingerprint density at radius 2 is 2.00 bits per heavy atom. The van der Waals surface area contributed by atoms with Gasteiger partial charge in [0, 0.05) is 12.5 Å². The van der Waals surface area contributed by atoms with Gasteiger partial charge in [0.2, 0.25) is 0 Å². The Kier molecular flexibility index (Phi) is 6.52. The summed E-state index contributed by atoms with van der Waals surface area (Å²) >= 11 is 0. The molecule has 0 aromatic heterocycles. The molecule has 0 radical (unpaired) electrons. The molecule has 1 atom stereocenters. The van der Waals surface area contributed by atoms with Crippen molar-refractivity contribution in [2.24, 2.45) is 0 Å². The quantitative estimate of drug-likeness (QED) is 0.767. The average Bonchev–Trinajstić information content (AvgIpc) is 2.45. The highest BCUT2D eigenvalue weighted by molar-refractivity contribution is 5.98. The highest BCUT2D eigenvalue weighted by atomic mass is 16.5. The number of carboxylic acids is 1. The monoisotopic (exact) mass is 295 g/mol. The van der Waals surface area contributed by atoms with Crippen LogP contribution in [0.15, 0.2) is 18.2 Å². The lowest BCUT2D eigenvalue weighted by atomic mass is 10.1. The van der Waals surface area contributed by atoms with Crippen molar-refractivity contribution in [3.05, 3.63) is 23.8 Å². The van der Waals surface area contributed by atoms with Crippen LogP contribution in [0.25, 0.3) is 0 Å². The van der Waals surface area contributed by atoms with E-state index in [0.717, 1.165) is 0 Å². The number of benzene rings is 1. The van der Waals surface area contributed by atoms with Gasteiger partial charge in [0.1, 0.15) is 0 Å². The van der Waals surface area contributed by atoms with Crippen LogP contribution in [0, 0.1) is 0 Å². The molecule has 0 aliphatic heterocycles. The fraction of sp³-hybridized carbons (Fsp3) is 0.467. The Balaban J connectivity index is 2.69. The van der Waals surface area contributed by atoms with Gasteiger partial charge in [-0.3, -0.25) is 9.59 Å². The van der Waals surface area contributed by atoms with E-state index in [4.69, 9.17) is 14.6 Å². The van der Waals surface area contributed by atoms with E-state index in [-0.39, 0.29) is 18.4 Å². The van der Waals surface area contributed by atoms with Gasteiger partial charge in [0.25, 0.3) is 5.91 Å². The van der Waals surface area contributed by atoms with Crippen LogP contribution in [0.5, 0.6) is 11.5 Å². The molecule has 0 saturated carbocycles. The van der Waals surface area contributed by atoms with Crippen LogP contribution in [0.1, 0.15) is 36.5 Å². The first-order valence-electron chi connectivity index (χ1n) is 6.73. The Labute approximate surface area is 124 Å². The molecule has 0 aliphatic rings. The second kappa shape index (κ2) is 8.14. The van der Waals surface area contributed by atoms with Crippen LogP contribution in [0.4, 0.5) is 0 Å². The number of amides is 1. The van der Waals surface area contributed by atoms with Crippen molar-refractivity contribution in [1.29, 1.82) is 0 Å². The molecular formula is C15H21NO5. The van der Waals surface area contributed by atoms with E-state index in [9.17, 15) is 9.59 Å². The number of carbonyl (C=O) groups is 2. The van der Waals surface area contributed by atoms with Crippen molar-refractivity contribution in [2.75, 3.05) is 14.2 Å². The molecule has 21 heavy (non-hydrogen) atoms. The third-order valence-electron chi connectivity index (χ3n) is 3.05. The molecule has 0 spiro atoms. The third kappa shape index (κ3) is 4.98. The van der Waals surface area contributed by atoms with Crippen molar-refractivity contribution in [3.63, 3.8) is 0 Å². The molecule has 2 N–H and O–H groups in total. The summed E-state index contributed by atoms with van der Waals surface area (Å²) in [6.45, 7) is 1.84. The summed E-state index contributed by atoms with van der Waals surface area (Å²) in [5.41, 5.74) is 0.391. The lowest BCUT2D eigenvalue weighted by molar-refractivity contribution is -0.137. The second-order valence-electron chi connectivity index (χ2n) is 4.70. The maximum atomic E-state index is 12.2. The number of ether oxygens (including phenoxy) is 2. The van der Waals surface area contributed by atoms with Gasteiger partial charge < -0.3 is 19.9 Å². The van der Waals surface area contributed by atoms with Crippen molar-refractivity contribution in [3.8, 4) is 11.5 Å². The predicted octanol–water partition coefficient (Wildman–Crippen LogP) is 2.08. The van der Waals surface area contributed by atoms with Crippen LogP contribution in [-0.4, -0.2) is 37.2 Å². The molecule has 0 fully saturated rings. The first-order valence-corrected chi connectivity index (χ1v) is 6.73. The number of nitrogens with one attached hydrogen (secondary N) is 1. The maximum Gasteiger partial charge on any atom is 0.303 e. The lowest BCUT2D eigenvalue weighted by Crippen LogP contribution is -2.32. The third-order valence-corrected chi connectivity index (χ3v) is 3.05. The van der Waals surface area contributed by atoms with Gasteiger partial charge in [-0.25, -0.2) is 0 Å². The van der Waals surface area contributed by atoms with Gasteiger partial charge in [0.15, 0.2) is 11.5 Å². The van der Waals surface area contributed by atoms with Crippen LogP contribution >= 0.6 is 0 Å². The van der Waals surface area contributed by atoms with Crippen LogP contribution in [0.3, 0.4) is 0 Å². The molecule has 0 aliphatic carbocycles. The number of carbonyl (C=O) groups excluding carboxylic acids is 1. The zero-order valence-electron chi connectivity index (χ0n) is 12.5. The minimum absolute atomic E-state index is 0.0999. The molecule has 1 unspecified atom stereocenters. The second-order valence-corrected chi connectivity index (χ2v) is 4.70. The largest absolute Gasteiger partial charge is 0.493 e. The summed E-state index contributed by atoms with van der Waals surface area (Å²) in [4.78, 5) is 22.7. The standard InChI is InChI=1S/C15H21NO5/c1-10(6-4-9-13(17)18)16-15(19)11-7-5-8-12(20-2)14(11)21-3/h5,7-8,10H,4,6,9H2,1-3H3,(H,16,19)(H,17,18). The van der Waals surface area contributed by atoms with E-state index in [1.54, 1.807) is 18.2 Å². The molecule has 6 heteroatoms. The number of para-hydroxylation sites is 1. The fourth-order valence-electron chi connectivity index (χ4n) is 2.00. The van der Waals surface area contributed by atoms with Crippen LogP contribution in [0.2, 0.25) is 0 Å². The lowest BCUT2D eigenvalue weighted by Gasteiger charge is -2.16. The van der Waals surface area contributed by atoms with E-state index in [1.165, 1.54) is 14.2 Å². The SMILES string of the molecule is COc1cccc(C(=O)NC(C)CCCC(=O)O)c1OC. The predicted molar refractivity (Wildman–Crippen MR) is 78.0 cm³/mol. The summed E-state index contributed by atoms with van der Waals surface area (Å²) in [6.07, 6.45) is 1.22. The number of hydrogen-bond donors (Lipinski definition) is 2. The highest BCUT2D eigenvalue weighted by Gasteiger charge is 2.17. The smallest absolute Gasteiger partial charge is 0.303 e. The van der Waals surface area contributed by atoms with Gasteiger partial charge in [-0.2, -0.15) is 0 Å². The minimum Gasteiger partial charge on any atom is -0.493 e. The van der Waals surface area contributed by atoms with Gasteiger partial charge in [-0.1, -0.05) is 6.07 Å². The molecule has 116 valence electrons. The van der Waals surface area contributed by atoms with Crippen molar-refractivity contribution < 1.29 is 24.2 Å². The van der Waals surface area contributed by atoms with Crippen molar-refractivity contribution >= 4 is 11.9 Å². The zero-order valence-corrected chi connectivity index (χ0v) is 12.5. The number of aliphatic carboxylic acids is 1. The highest BCUT2D eigenvalue weighted by Crippen LogP contribution is 2.30. The van der Waals surface area contributed by atoms with Gasteiger partial charge in [-0.15, -0.1) is 0 Å². The first-order chi connectivity index (χ1) is 9.99. The van der Waals surface area contributed by atoms with Gasteiger partial charge >= 0.3 is 5.97 Å². The van der Waals surface area contributed by atoms with E-state index in [0.29, 0.717) is 29.9 Å². The maximum absolute atomic E-state index is 12.2. The molecule has 0 saturated heterocycles. The van der Waals surface area contributed by atoms with Crippen molar-refractivity contribution in [2.45, 2.75) is 32.2 Å². The fourth-order valence-corrected chi connectivity index (χ4v) is 2.00. The summed E-state index contributed by atoms with van der Waals surface area (Å²) in [5, 5.41) is 11.4. The van der Waals surface area contributed by atoms with E-state index >= 15 is 0 Å².